The molecule has 0 unspecified atom stereocenters. The topological polar surface area (TPSA) is 53.4 Å². The van der Waals surface area contributed by atoms with Crippen LogP contribution in [0.25, 0.3) is 10.9 Å². The average Bonchev–Trinajstić information content (AvgIpc) is 2.36. The van der Waals surface area contributed by atoms with E-state index in [9.17, 15) is 4.79 Å². The Hall–Kier alpha value is -2.10. The maximum atomic E-state index is 11.1. The van der Waals surface area contributed by atoms with Crippen LogP contribution < -0.4 is 4.90 Å². The second kappa shape index (κ2) is 5.26. The summed E-state index contributed by atoms with van der Waals surface area (Å²) >= 11 is 0. The lowest BCUT2D eigenvalue weighted by Gasteiger charge is -2.20. The molecular weight excluding hydrogens is 240 g/mol. The number of carboxylic acid groups (broad SMARTS) is 1. The third-order valence-corrected chi connectivity index (χ3v) is 2.98. The molecule has 0 aliphatic carbocycles. The van der Waals surface area contributed by atoms with Gasteiger partial charge in [0.1, 0.15) is 5.82 Å². The number of anilines is 1. The fourth-order valence-corrected chi connectivity index (χ4v) is 2.18. The lowest BCUT2D eigenvalue weighted by atomic mass is 10.1. The molecule has 0 spiro atoms. The number of carbonyl (C=O) groups is 1. The normalized spacial score (nSPS) is 10.9. The molecule has 0 radical (unpaired) electrons. The molecule has 1 N–H and O–H groups in total. The number of rotatable bonds is 4. The lowest BCUT2D eigenvalue weighted by molar-refractivity contribution is 0.0699. The summed E-state index contributed by atoms with van der Waals surface area (Å²) < 4.78 is 0. The van der Waals surface area contributed by atoms with Crippen molar-refractivity contribution in [2.75, 3.05) is 18.5 Å². The fourth-order valence-electron chi connectivity index (χ4n) is 2.18. The molecule has 4 nitrogen and oxygen atoms in total. The van der Waals surface area contributed by atoms with Crippen molar-refractivity contribution < 1.29 is 9.90 Å². The van der Waals surface area contributed by atoms with E-state index in [0.29, 0.717) is 22.4 Å². The molecule has 1 aromatic carbocycles. The number of aromatic nitrogens is 1. The first-order valence-corrected chi connectivity index (χ1v) is 6.33. The van der Waals surface area contributed by atoms with Gasteiger partial charge in [0.2, 0.25) is 0 Å². The van der Waals surface area contributed by atoms with Gasteiger partial charge < -0.3 is 10.0 Å². The molecule has 2 rings (SSSR count). The van der Waals surface area contributed by atoms with Crippen LogP contribution in [-0.2, 0) is 0 Å². The monoisotopic (exact) mass is 258 g/mol. The highest BCUT2D eigenvalue weighted by molar-refractivity contribution is 6.02. The Morgan fingerprint density at radius 3 is 2.68 bits per heavy atom. The van der Waals surface area contributed by atoms with Crippen LogP contribution in [0.1, 0.15) is 24.2 Å². The summed E-state index contributed by atoms with van der Waals surface area (Å²) in [4.78, 5) is 17.8. The highest BCUT2D eigenvalue weighted by Gasteiger charge is 2.11. The second-order valence-corrected chi connectivity index (χ2v) is 5.12. The first-order chi connectivity index (χ1) is 8.99. The van der Waals surface area contributed by atoms with Crippen molar-refractivity contribution in [1.82, 2.24) is 4.98 Å². The van der Waals surface area contributed by atoms with E-state index in [1.165, 1.54) is 0 Å². The van der Waals surface area contributed by atoms with Gasteiger partial charge in [0.05, 0.1) is 11.1 Å². The Morgan fingerprint density at radius 1 is 1.32 bits per heavy atom. The van der Waals surface area contributed by atoms with Gasteiger partial charge in [-0.2, -0.15) is 0 Å². The van der Waals surface area contributed by atoms with Crippen molar-refractivity contribution in [3.63, 3.8) is 0 Å². The number of aromatic carboxylic acids is 1. The molecule has 4 heteroatoms. The maximum absolute atomic E-state index is 11.1. The predicted octanol–water partition coefficient (Wildman–Crippen LogP) is 3.03. The van der Waals surface area contributed by atoms with Crippen molar-refractivity contribution in [2.45, 2.75) is 13.8 Å². The van der Waals surface area contributed by atoms with Gasteiger partial charge in [-0.25, -0.2) is 9.78 Å². The minimum atomic E-state index is -0.921. The van der Waals surface area contributed by atoms with Crippen LogP contribution in [0.2, 0.25) is 0 Å². The second-order valence-electron chi connectivity index (χ2n) is 5.12. The summed E-state index contributed by atoms with van der Waals surface area (Å²) in [6.45, 7) is 5.22. The molecule has 100 valence electrons. The highest BCUT2D eigenvalue weighted by Crippen LogP contribution is 2.21. The van der Waals surface area contributed by atoms with E-state index in [2.05, 4.69) is 23.7 Å². The summed E-state index contributed by atoms with van der Waals surface area (Å²) in [6.07, 6.45) is 0. The third kappa shape index (κ3) is 2.84. The average molecular weight is 258 g/mol. The minimum Gasteiger partial charge on any atom is -0.478 e. The van der Waals surface area contributed by atoms with Gasteiger partial charge in [0.25, 0.3) is 0 Å². The highest BCUT2D eigenvalue weighted by atomic mass is 16.4. The molecule has 0 saturated carbocycles. The van der Waals surface area contributed by atoms with Crippen molar-refractivity contribution in [2.24, 2.45) is 5.92 Å². The molecule has 0 amide bonds. The number of nitrogens with zero attached hydrogens (tertiary/aromatic N) is 2. The molecule has 0 saturated heterocycles. The Balaban J connectivity index is 2.44. The first kappa shape index (κ1) is 13.3. The molecule has 0 aliphatic rings. The fraction of sp³-hybridized carbons (Fsp3) is 0.333. The van der Waals surface area contributed by atoms with Gasteiger partial charge in [0, 0.05) is 19.0 Å². The SMILES string of the molecule is CC(C)CN(C)c1ccc2c(C(=O)O)cccc2n1. The van der Waals surface area contributed by atoms with Gasteiger partial charge in [-0.1, -0.05) is 19.9 Å². The van der Waals surface area contributed by atoms with E-state index in [1.54, 1.807) is 12.1 Å². The van der Waals surface area contributed by atoms with E-state index in [1.807, 2.05) is 25.2 Å². The largest absolute Gasteiger partial charge is 0.478 e. The molecule has 0 atom stereocenters. The van der Waals surface area contributed by atoms with E-state index >= 15 is 0 Å². The van der Waals surface area contributed by atoms with Crippen LogP contribution in [0.5, 0.6) is 0 Å². The summed E-state index contributed by atoms with van der Waals surface area (Å²) in [5.41, 5.74) is 1.01. The van der Waals surface area contributed by atoms with Gasteiger partial charge in [-0.05, 0) is 30.2 Å². The third-order valence-electron chi connectivity index (χ3n) is 2.98. The molecular formula is C15H18N2O2. The van der Waals surface area contributed by atoms with Crippen LogP contribution >= 0.6 is 0 Å². The quantitative estimate of drug-likeness (QED) is 0.915. The number of fused-ring (bicyclic) bond motifs is 1. The van der Waals surface area contributed by atoms with E-state index in [4.69, 9.17) is 5.11 Å². The van der Waals surface area contributed by atoms with Crippen LogP contribution in [0, 0.1) is 5.92 Å². The smallest absolute Gasteiger partial charge is 0.336 e. The predicted molar refractivity (Wildman–Crippen MR) is 76.8 cm³/mol. The Labute approximate surface area is 112 Å². The zero-order chi connectivity index (χ0) is 14.0. The van der Waals surface area contributed by atoms with Gasteiger partial charge in [0.15, 0.2) is 0 Å². The number of hydrogen-bond acceptors (Lipinski definition) is 3. The van der Waals surface area contributed by atoms with Crippen LogP contribution in [-0.4, -0.2) is 29.7 Å². The minimum absolute atomic E-state index is 0.295. The standard InChI is InChI=1S/C15H18N2O2/c1-10(2)9-17(3)14-8-7-11-12(15(18)19)5-4-6-13(11)16-14/h4-8,10H,9H2,1-3H3,(H,18,19). The van der Waals surface area contributed by atoms with Crippen LogP contribution in [0.4, 0.5) is 5.82 Å². The van der Waals surface area contributed by atoms with Gasteiger partial charge in [-0.3, -0.25) is 0 Å². The lowest BCUT2D eigenvalue weighted by Crippen LogP contribution is -2.23. The number of hydrogen-bond donors (Lipinski definition) is 1. The van der Waals surface area contributed by atoms with Gasteiger partial charge >= 0.3 is 5.97 Å². The van der Waals surface area contributed by atoms with E-state index in [-0.39, 0.29) is 0 Å². The Bertz CT molecular complexity index is 608. The number of benzene rings is 1. The van der Waals surface area contributed by atoms with Crippen molar-refractivity contribution in [3.05, 3.63) is 35.9 Å². The molecule has 1 aromatic heterocycles. The van der Waals surface area contributed by atoms with E-state index < -0.39 is 5.97 Å². The Morgan fingerprint density at radius 2 is 2.05 bits per heavy atom. The zero-order valence-electron chi connectivity index (χ0n) is 11.4. The molecule has 0 aliphatic heterocycles. The zero-order valence-corrected chi connectivity index (χ0v) is 11.4. The summed E-state index contributed by atoms with van der Waals surface area (Å²) in [7, 11) is 2.00. The molecule has 0 bridgehead atoms. The summed E-state index contributed by atoms with van der Waals surface area (Å²) in [5, 5.41) is 9.82. The van der Waals surface area contributed by atoms with E-state index in [0.717, 1.165) is 12.4 Å². The number of carboxylic acids is 1. The molecule has 19 heavy (non-hydrogen) atoms. The summed E-state index contributed by atoms with van der Waals surface area (Å²) in [6, 6.07) is 8.87. The van der Waals surface area contributed by atoms with Crippen LogP contribution in [0.15, 0.2) is 30.3 Å². The van der Waals surface area contributed by atoms with Crippen molar-refractivity contribution in [1.29, 1.82) is 0 Å². The van der Waals surface area contributed by atoms with Gasteiger partial charge in [-0.15, -0.1) is 0 Å². The molecule has 1 heterocycles. The Kier molecular flexibility index (Phi) is 3.69. The molecule has 0 fully saturated rings. The summed E-state index contributed by atoms with van der Waals surface area (Å²) in [5.74, 6) is 0.493. The van der Waals surface area contributed by atoms with Crippen molar-refractivity contribution >= 4 is 22.7 Å². The molecule has 2 aromatic rings. The maximum Gasteiger partial charge on any atom is 0.336 e. The number of pyridine rings is 1. The van der Waals surface area contributed by atoms with Crippen LogP contribution in [0.3, 0.4) is 0 Å². The first-order valence-electron chi connectivity index (χ1n) is 6.33. The van der Waals surface area contributed by atoms with Crippen molar-refractivity contribution in [3.8, 4) is 0 Å².